The normalized spacial score (nSPS) is 11.1. The molecule has 0 fully saturated rings. The third-order valence-electron chi connectivity index (χ3n) is 4.72. The molecule has 0 radical (unpaired) electrons. The van der Waals surface area contributed by atoms with Crippen LogP contribution in [-0.4, -0.2) is 20.9 Å². The first-order valence-corrected chi connectivity index (χ1v) is 10.5. The van der Waals surface area contributed by atoms with Crippen LogP contribution in [0.3, 0.4) is 0 Å². The van der Waals surface area contributed by atoms with Crippen LogP contribution in [0, 0.1) is 17.5 Å². The van der Waals surface area contributed by atoms with Gasteiger partial charge in [0, 0.05) is 6.21 Å². The molecule has 0 aliphatic heterocycles. The molecule has 33 heavy (non-hydrogen) atoms. The van der Waals surface area contributed by atoms with Gasteiger partial charge in [0.05, 0.1) is 16.4 Å². The fourth-order valence-corrected chi connectivity index (χ4v) is 3.46. The molecular formula is C24H17ClFN3O3S. The van der Waals surface area contributed by atoms with Crippen LogP contribution in [0.15, 0.2) is 76.5 Å². The monoisotopic (exact) mass is 481 g/mol. The van der Waals surface area contributed by atoms with Gasteiger partial charge in [-0.3, -0.25) is 19.3 Å². The number of nitrogens with one attached hydrogen (secondary N) is 1. The van der Waals surface area contributed by atoms with Crippen LogP contribution in [0.4, 0.5) is 10.1 Å². The van der Waals surface area contributed by atoms with Gasteiger partial charge in [-0.1, -0.05) is 29.3 Å². The minimum Gasteiger partial charge on any atom is -0.494 e. The summed E-state index contributed by atoms with van der Waals surface area (Å²) in [6.07, 6.45) is 1.22. The molecule has 0 aliphatic carbocycles. The standard InChI is InChI=1S/C24H17ClFN3O3S/c1-14-2-7-17(8-3-14)32-18-9-4-15(5-10-18)27-13-19-22(30)28-24(33)29(23(19)31)16-6-11-21(26)20(25)12-16/h2-13,31H,1H3,(H,28,30,33). The first-order chi connectivity index (χ1) is 15.8. The van der Waals surface area contributed by atoms with E-state index < -0.39 is 17.3 Å². The lowest BCUT2D eigenvalue weighted by molar-refractivity contribution is 0.432. The van der Waals surface area contributed by atoms with Gasteiger partial charge in [-0.05, 0) is 73.7 Å². The zero-order chi connectivity index (χ0) is 23.5. The van der Waals surface area contributed by atoms with Gasteiger partial charge in [0.15, 0.2) is 4.77 Å². The molecule has 1 heterocycles. The zero-order valence-electron chi connectivity index (χ0n) is 17.3. The molecule has 0 aliphatic rings. The lowest BCUT2D eigenvalue weighted by Crippen LogP contribution is -2.18. The van der Waals surface area contributed by atoms with Crippen LogP contribution in [0.5, 0.6) is 17.4 Å². The van der Waals surface area contributed by atoms with E-state index in [2.05, 4.69) is 9.98 Å². The Kier molecular flexibility index (Phi) is 6.39. The van der Waals surface area contributed by atoms with E-state index in [-0.39, 0.29) is 21.0 Å². The van der Waals surface area contributed by atoms with Crippen molar-refractivity contribution in [3.63, 3.8) is 0 Å². The van der Waals surface area contributed by atoms with Gasteiger partial charge in [0.1, 0.15) is 22.9 Å². The largest absolute Gasteiger partial charge is 0.494 e. The summed E-state index contributed by atoms with van der Waals surface area (Å²) in [6, 6.07) is 18.4. The summed E-state index contributed by atoms with van der Waals surface area (Å²) in [5.41, 5.74) is 1.21. The molecule has 9 heteroatoms. The van der Waals surface area contributed by atoms with Gasteiger partial charge in [0.2, 0.25) is 5.88 Å². The number of aromatic hydroxyl groups is 1. The predicted octanol–water partition coefficient (Wildman–Crippen LogP) is 6.24. The van der Waals surface area contributed by atoms with Gasteiger partial charge < -0.3 is 9.84 Å². The topological polar surface area (TPSA) is 79.6 Å². The lowest BCUT2D eigenvalue weighted by Gasteiger charge is -2.11. The van der Waals surface area contributed by atoms with Gasteiger partial charge in [0.25, 0.3) is 5.56 Å². The number of aromatic amines is 1. The van der Waals surface area contributed by atoms with Crippen molar-refractivity contribution in [2.24, 2.45) is 4.99 Å². The van der Waals surface area contributed by atoms with E-state index in [1.807, 2.05) is 31.2 Å². The molecule has 0 saturated heterocycles. The number of hydrogen-bond donors (Lipinski definition) is 2. The second-order valence-electron chi connectivity index (χ2n) is 7.10. The fraction of sp³-hybridized carbons (Fsp3) is 0.0417. The van der Waals surface area contributed by atoms with E-state index in [0.29, 0.717) is 17.2 Å². The van der Waals surface area contributed by atoms with Crippen molar-refractivity contribution in [3.05, 3.63) is 104 Å². The lowest BCUT2D eigenvalue weighted by atomic mass is 10.2. The van der Waals surface area contributed by atoms with Crippen LogP contribution in [0.2, 0.25) is 5.02 Å². The van der Waals surface area contributed by atoms with E-state index in [1.54, 1.807) is 24.3 Å². The zero-order valence-corrected chi connectivity index (χ0v) is 18.8. The highest BCUT2D eigenvalue weighted by atomic mass is 35.5. The maximum Gasteiger partial charge on any atom is 0.264 e. The van der Waals surface area contributed by atoms with Crippen molar-refractivity contribution in [1.29, 1.82) is 0 Å². The highest BCUT2D eigenvalue weighted by molar-refractivity contribution is 7.71. The Balaban J connectivity index is 1.61. The van der Waals surface area contributed by atoms with Crippen LogP contribution in [-0.2, 0) is 0 Å². The van der Waals surface area contributed by atoms with E-state index in [0.717, 1.165) is 11.6 Å². The van der Waals surface area contributed by atoms with Gasteiger partial charge in [-0.2, -0.15) is 0 Å². The molecule has 166 valence electrons. The Bertz CT molecular complexity index is 1460. The average molecular weight is 482 g/mol. The van der Waals surface area contributed by atoms with Crippen molar-refractivity contribution in [2.45, 2.75) is 6.92 Å². The number of aromatic nitrogens is 2. The van der Waals surface area contributed by atoms with Crippen LogP contribution < -0.4 is 10.3 Å². The summed E-state index contributed by atoms with van der Waals surface area (Å²) in [4.78, 5) is 19.1. The number of rotatable bonds is 5. The van der Waals surface area contributed by atoms with Gasteiger partial charge in [-0.25, -0.2) is 4.39 Å². The SMILES string of the molecule is Cc1ccc(Oc2ccc(N=Cc3c(O)n(-c4ccc(F)c(Cl)c4)c(=S)[nH]c3=O)cc2)cc1. The van der Waals surface area contributed by atoms with Crippen molar-refractivity contribution < 1.29 is 14.2 Å². The van der Waals surface area contributed by atoms with Crippen LogP contribution >= 0.6 is 23.8 Å². The molecule has 0 bridgehead atoms. The highest BCUT2D eigenvalue weighted by Gasteiger charge is 2.14. The summed E-state index contributed by atoms with van der Waals surface area (Å²) in [5.74, 6) is 0.268. The highest BCUT2D eigenvalue weighted by Crippen LogP contribution is 2.26. The van der Waals surface area contributed by atoms with Crippen LogP contribution in [0.1, 0.15) is 11.1 Å². The Labute approximate surface area is 198 Å². The van der Waals surface area contributed by atoms with Crippen LogP contribution in [0.25, 0.3) is 5.69 Å². The molecule has 0 saturated carbocycles. The molecule has 1 aromatic heterocycles. The van der Waals surface area contributed by atoms with Gasteiger partial charge in [-0.15, -0.1) is 0 Å². The molecule has 0 spiro atoms. The fourth-order valence-electron chi connectivity index (χ4n) is 3.00. The molecule has 6 nitrogen and oxygen atoms in total. The van der Waals surface area contributed by atoms with Gasteiger partial charge >= 0.3 is 0 Å². The van der Waals surface area contributed by atoms with E-state index in [9.17, 15) is 14.3 Å². The summed E-state index contributed by atoms with van der Waals surface area (Å²) < 4.78 is 20.4. The third kappa shape index (κ3) is 5.02. The molecule has 3 aromatic carbocycles. The summed E-state index contributed by atoms with van der Waals surface area (Å²) in [6.45, 7) is 2.00. The van der Waals surface area contributed by atoms with E-state index in [4.69, 9.17) is 28.6 Å². The summed E-state index contributed by atoms with van der Waals surface area (Å²) in [5, 5.41) is 10.5. The minimum absolute atomic E-state index is 0.0741. The molecule has 4 rings (SSSR count). The molecule has 0 unspecified atom stereocenters. The second-order valence-corrected chi connectivity index (χ2v) is 7.89. The Morgan fingerprint density at radius 2 is 1.73 bits per heavy atom. The molecular weight excluding hydrogens is 465 g/mol. The molecule has 0 atom stereocenters. The summed E-state index contributed by atoms with van der Waals surface area (Å²) >= 11 is 11.0. The number of H-pyrrole nitrogens is 1. The quantitative estimate of drug-likeness (QED) is 0.261. The molecule has 0 amide bonds. The van der Waals surface area contributed by atoms with E-state index in [1.165, 1.54) is 22.9 Å². The number of nitrogens with zero attached hydrogens (tertiary/aromatic N) is 2. The van der Waals surface area contributed by atoms with Crippen molar-refractivity contribution in [1.82, 2.24) is 9.55 Å². The summed E-state index contributed by atoms with van der Waals surface area (Å²) in [7, 11) is 0. The Morgan fingerprint density at radius 1 is 1.09 bits per heavy atom. The maximum atomic E-state index is 13.5. The number of halogens is 2. The number of ether oxygens (including phenoxy) is 1. The second kappa shape index (κ2) is 9.40. The number of benzene rings is 3. The number of aryl methyl sites for hydroxylation is 1. The first kappa shape index (κ1) is 22.4. The maximum absolute atomic E-state index is 13.5. The Morgan fingerprint density at radius 3 is 2.36 bits per heavy atom. The smallest absolute Gasteiger partial charge is 0.264 e. The predicted molar refractivity (Wildman–Crippen MR) is 129 cm³/mol. The average Bonchev–Trinajstić information content (AvgIpc) is 2.78. The molecule has 2 N–H and O–H groups in total. The van der Waals surface area contributed by atoms with Crippen molar-refractivity contribution in [3.8, 4) is 23.1 Å². The first-order valence-electron chi connectivity index (χ1n) is 9.74. The third-order valence-corrected chi connectivity index (χ3v) is 5.29. The Hall–Kier alpha value is -3.75. The van der Waals surface area contributed by atoms with Crippen molar-refractivity contribution >= 4 is 35.7 Å². The minimum atomic E-state index is -0.620. The van der Waals surface area contributed by atoms with E-state index >= 15 is 0 Å². The van der Waals surface area contributed by atoms with Crippen molar-refractivity contribution in [2.75, 3.05) is 0 Å². The molecule has 4 aromatic rings. The number of hydrogen-bond acceptors (Lipinski definition) is 5. The number of aliphatic imine (C=N–C) groups is 1.